The molecule has 1 aromatic carbocycles. The number of hydrogen-bond acceptors (Lipinski definition) is 3. The van der Waals surface area contributed by atoms with E-state index in [4.69, 9.17) is 0 Å². The lowest BCUT2D eigenvalue weighted by molar-refractivity contribution is -0.0504. The third-order valence-corrected chi connectivity index (χ3v) is 4.18. The van der Waals surface area contributed by atoms with Gasteiger partial charge in [0.1, 0.15) is 5.75 Å². The molecule has 28 heavy (non-hydrogen) atoms. The molecule has 0 spiro atoms. The second-order valence-electron chi connectivity index (χ2n) is 6.91. The van der Waals surface area contributed by atoms with Crippen LogP contribution >= 0.6 is 24.0 Å². The zero-order valence-electron chi connectivity index (χ0n) is 17.4. The fourth-order valence-corrected chi connectivity index (χ4v) is 2.75. The second kappa shape index (κ2) is 15.7. The number of aryl methyl sites for hydroxylation is 1. The van der Waals surface area contributed by atoms with Crippen LogP contribution in [-0.2, 0) is 6.54 Å². The van der Waals surface area contributed by atoms with Gasteiger partial charge in [-0.3, -0.25) is 4.99 Å². The van der Waals surface area contributed by atoms with Gasteiger partial charge >= 0.3 is 6.61 Å². The number of nitrogens with zero attached hydrogens (tertiary/aromatic N) is 2. The van der Waals surface area contributed by atoms with Gasteiger partial charge in [0.25, 0.3) is 0 Å². The quantitative estimate of drug-likeness (QED) is 0.189. The Labute approximate surface area is 185 Å². The molecule has 5 nitrogen and oxygen atoms in total. The van der Waals surface area contributed by atoms with E-state index in [1.165, 1.54) is 25.7 Å². The first-order chi connectivity index (χ1) is 12.9. The van der Waals surface area contributed by atoms with Crippen molar-refractivity contribution in [2.75, 3.05) is 34.2 Å². The number of rotatable bonds is 12. The summed E-state index contributed by atoms with van der Waals surface area (Å²) in [6, 6.07) is 5.17. The summed E-state index contributed by atoms with van der Waals surface area (Å²) < 4.78 is 29.7. The zero-order valence-corrected chi connectivity index (χ0v) is 19.8. The lowest BCUT2D eigenvalue weighted by atomic mass is 10.1. The number of ether oxygens (including phenoxy) is 1. The fourth-order valence-electron chi connectivity index (χ4n) is 2.75. The van der Waals surface area contributed by atoms with Crippen LogP contribution in [0.3, 0.4) is 0 Å². The first-order valence-corrected chi connectivity index (χ1v) is 9.56. The van der Waals surface area contributed by atoms with Gasteiger partial charge in [0.15, 0.2) is 5.96 Å². The third-order valence-electron chi connectivity index (χ3n) is 4.18. The van der Waals surface area contributed by atoms with E-state index in [1.54, 1.807) is 19.2 Å². The maximum Gasteiger partial charge on any atom is 0.387 e. The Hall–Kier alpha value is -1.16. The molecule has 0 saturated carbocycles. The standard InChI is InChI=1S/C20H34F2N4O.HI/c1-16-10-11-18(27-19(21)22)17(14-16)15-25-20(23-2)24-12-8-6-5-7-9-13-26(3)4;/h10-11,14,19H,5-9,12-13,15H2,1-4H3,(H2,23,24,25);1H. The van der Waals surface area contributed by atoms with Crippen molar-refractivity contribution in [2.45, 2.75) is 52.2 Å². The number of hydrogen-bond donors (Lipinski definition) is 2. The van der Waals surface area contributed by atoms with E-state index in [2.05, 4.69) is 39.4 Å². The van der Waals surface area contributed by atoms with Gasteiger partial charge in [0.2, 0.25) is 0 Å². The summed E-state index contributed by atoms with van der Waals surface area (Å²) in [5, 5.41) is 6.42. The van der Waals surface area contributed by atoms with E-state index in [-0.39, 0.29) is 29.7 Å². The van der Waals surface area contributed by atoms with E-state index in [1.807, 2.05) is 13.0 Å². The number of guanidine groups is 1. The number of nitrogens with one attached hydrogen (secondary N) is 2. The highest BCUT2D eigenvalue weighted by atomic mass is 127. The number of unbranched alkanes of at least 4 members (excludes halogenated alkanes) is 4. The molecule has 0 aromatic heterocycles. The summed E-state index contributed by atoms with van der Waals surface area (Å²) in [5.41, 5.74) is 1.67. The Morgan fingerprint density at radius 2 is 1.79 bits per heavy atom. The van der Waals surface area contributed by atoms with E-state index >= 15 is 0 Å². The van der Waals surface area contributed by atoms with Gasteiger partial charge in [-0.2, -0.15) is 8.78 Å². The molecule has 1 rings (SSSR count). The van der Waals surface area contributed by atoms with Crippen molar-refractivity contribution >= 4 is 29.9 Å². The Bertz CT molecular complexity index is 571. The zero-order chi connectivity index (χ0) is 20.1. The number of halogens is 3. The van der Waals surface area contributed by atoms with Gasteiger partial charge in [0.05, 0.1) is 0 Å². The topological polar surface area (TPSA) is 48.9 Å². The largest absolute Gasteiger partial charge is 0.434 e. The summed E-state index contributed by atoms with van der Waals surface area (Å²) in [4.78, 5) is 6.39. The van der Waals surface area contributed by atoms with E-state index in [9.17, 15) is 8.78 Å². The predicted molar refractivity (Wildman–Crippen MR) is 123 cm³/mol. The minimum Gasteiger partial charge on any atom is -0.434 e. The molecule has 0 aliphatic heterocycles. The molecule has 0 heterocycles. The molecule has 0 aliphatic carbocycles. The normalized spacial score (nSPS) is 11.5. The van der Waals surface area contributed by atoms with Crippen LogP contribution in [0.2, 0.25) is 0 Å². The van der Waals surface area contributed by atoms with Crippen LogP contribution in [0.25, 0.3) is 0 Å². The van der Waals surface area contributed by atoms with Crippen molar-refractivity contribution in [3.63, 3.8) is 0 Å². The average Bonchev–Trinajstić information content (AvgIpc) is 2.61. The summed E-state index contributed by atoms with van der Waals surface area (Å²) in [7, 11) is 5.90. The Morgan fingerprint density at radius 1 is 1.11 bits per heavy atom. The van der Waals surface area contributed by atoms with Gasteiger partial charge in [-0.25, -0.2) is 0 Å². The maximum absolute atomic E-state index is 12.5. The molecule has 2 N–H and O–H groups in total. The van der Waals surface area contributed by atoms with Crippen LogP contribution < -0.4 is 15.4 Å². The lowest BCUT2D eigenvalue weighted by Crippen LogP contribution is -2.37. The van der Waals surface area contributed by atoms with Crippen LogP contribution in [0, 0.1) is 6.92 Å². The highest BCUT2D eigenvalue weighted by Gasteiger charge is 2.10. The van der Waals surface area contributed by atoms with Crippen LogP contribution in [0.1, 0.15) is 43.2 Å². The molecular formula is C20H35F2IN4O. The Balaban J connectivity index is 0.00000729. The smallest absolute Gasteiger partial charge is 0.387 e. The molecule has 1 aromatic rings. The molecular weight excluding hydrogens is 477 g/mol. The summed E-state index contributed by atoms with van der Waals surface area (Å²) >= 11 is 0. The minimum absolute atomic E-state index is 0. The van der Waals surface area contributed by atoms with Gasteiger partial charge in [-0.15, -0.1) is 24.0 Å². The fraction of sp³-hybridized carbons (Fsp3) is 0.650. The first-order valence-electron chi connectivity index (χ1n) is 9.56. The number of alkyl halides is 2. The van der Waals surface area contributed by atoms with Crippen molar-refractivity contribution in [1.29, 1.82) is 0 Å². The SMILES string of the molecule is CN=C(NCCCCCCCN(C)C)NCc1cc(C)ccc1OC(F)F.I. The van der Waals surface area contributed by atoms with Crippen LogP contribution in [-0.4, -0.2) is 51.7 Å². The molecule has 0 atom stereocenters. The molecule has 162 valence electrons. The Morgan fingerprint density at radius 3 is 2.43 bits per heavy atom. The molecule has 0 unspecified atom stereocenters. The summed E-state index contributed by atoms with van der Waals surface area (Å²) in [5.74, 6) is 0.850. The number of aliphatic imine (C=N–C) groups is 1. The van der Waals surface area contributed by atoms with Crippen LogP contribution in [0.15, 0.2) is 23.2 Å². The van der Waals surface area contributed by atoms with Gasteiger partial charge in [0, 0.05) is 25.7 Å². The van der Waals surface area contributed by atoms with E-state index < -0.39 is 6.61 Å². The number of benzene rings is 1. The van der Waals surface area contributed by atoms with Gasteiger partial charge < -0.3 is 20.3 Å². The van der Waals surface area contributed by atoms with Gasteiger partial charge in [-0.1, -0.05) is 37.0 Å². The van der Waals surface area contributed by atoms with Crippen molar-refractivity contribution in [2.24, 2.45) is 4.99 Å². The molecule has 0 radical (unpaired) electrons. The van der Waals surface area contributed by atoms with Gasteiger partial charge in [-0.05, 0) is 46.5 Å². The predicted octanol–water partition coefficient (Wildman–Crippen LogP) is 4.39. The average molecular weight is 512 g/mol. The van der Waals surface area contributed by atoms with Crippen molar-refractivity contribution in [1.82, 2.24) is 15.5 Å². The molecule has 0 bridgehead atoms. The third kappa shape index (κ3) is 12.3. The summed E-state index contributed by atoms with van der Waals surface area (Å²) in [6.07, 6.45) is 5.99. The van der Waals surface area contributed by atoms with Crippen LogP contribution in [0.5, 0.6) is 5.75 Å². The molecule has 0 amide bonds. The maximum atomic E-state index is 12.5. The van der Waals surface area contributed by atoms with E-state index in [0.29, 0.717) is 18.1 Å². The Kier molecular flexibility index (Phi) is 15.1. The molecule has 8 heteroatoms. The molecule has 0 fully saturated rings. The van der Waals surface area contributed by atoms with Crippen molar-refractivity contribution in [3.8, 4) is 5.75 Å². The highest BCUT2D eigenvalue weighted by molar-refractivity contribution is 14.0. The highest BCUT2D eigenvalue weighted by Crippen LogP contribution is 2.21. The van der Waals surface area contributed by atoms with Crippen LogP contribution in [0.4, 0.5) is 8.78 Å². The van der Waals surface area contributed by atoms with E-state index in [0.717, 1.165) is 25.1 Å². The monoisotopic (exact) mass is 512 g/mol. The van der Waals surface area contributed by atoms with Crippen molar-refractivity contribution < 1.29 is 13.5 Å². The molecule has 0 aliphatic rings. The minimum atomic E-state index is -2.83. The summed E-state index contributed by atoms with van der Waals surface area (Å²) in [6.45, 7) is 1.43. The first kappa shape index (κ1) is 26.8. The molecule has 0 saturated heterocycles. The second-order valence-corrected chi connectivity index (χ2v) is 6.91. The van der Waals surface area contributed by atoms with Crippen molar-refractivity contribution in [3.05, 3.63) is 29.3 Å². The lowest BCUT2D eigenvalue weighted by Gasteiger charge is -2.15.